The molecule has 36 heavy (non-hydrogen) atoms. The van der Waals surface area contributed by atoms with Crippen LogP contribution in [0, 0.1) is 5.41 Å². The highest BCUT2D eigenvalue weighted by atomic mass is 28.4. The Bertz CT molecular complexity index is 674. The number of carbonyl (C=O) groups is 1. The van der Waals surface area contributed by atoms with Gasteiger partial charge in [0.2, 0.25) is 0 Å². The van der Waals surface area contributed by atoms with Gasteiger partial charge in [-0.15, -0.1) is 0 Å². The molecule has 0 radical (unpaired) electrons. The molecule has 2 atom stereocenters. The van der Waals surface area contributed by atoms with Gasteiger partial charge in [0, 0.05) is 4.91 Å². The van der Waals surface area contributed by atoms with Crippen LogP contribution < -0.4 is 0 Å². The zero-order valence-electron chi connectivity index (χ0n) is 25.1. The van der Waals surface area contributed by atoms with Crippen LogP contribution in [-0.2, 0) is 14.0 Å². The van der Waals surface area contributed by atoms with Crippen LogP contribution in [0.15, 0.2) is 17.3 Å². The summed E-state index contributed by atoms with van der Waals surface area (Å²) in [5, 5.41) is 3.99. The third-order valence-electron chi connectivity index (χ3n) is 7.11. The number of hydrogen-bond acceptors (Lipinski definition) is 4. The molecule has 0 rings (SSSR count). The van der Waals surface area contributed by atoms with Crippen molar-refractivity contribution in [1.82, 2.24) is 0 Å². The van der Waals surface area contributed by atoms with Crippen LogP contribution >= 0.6 is 0 Å². The maximum atomic E-state index is 12.3. The van der Waals surface area contributed by atoms with Crippen LogP contribution in [0.3, 0.4) is 0 Å². The highest BCUT2D eigenvalue weighted by Gasteiger charge is 2.40. The molecule has 0 bridgehead atoms. The van der Waals surface area contributed by atoms with Gasteiger partial charge in [-0.05, 0) is 57.3 Å². The first-order valence-corrected chi connectivity index (χ1v) is 17.2. The predicted molar refractivity (Wildman–Crippen MR) is 156 cm³/mol. The summed E-state index contributed by atoms with van der Waals surface area (Å²) in [7, 11) is -2.13. The lowest BCUT2D eigenvalue weighted by atomic mass is 9.97. The molecule has 0 heterocycles. The first-order valence-electron chi connectivity index (χ1n) is 14.3. The van der Waals surface area contributed by atoms with Crippen LogP contribution in [0.1, 0.15) is 126 Å². The van der Waals surface area contributed by atoms with Crippen LogP contribution in [0.2, 0.25) is 18.1 Å². The van der Waals surface area contributed by atoms with Crippen LogP contribution in [0.5, 0.6) is 0 Å². The Morgan fingerprint density at radius 2 is 1.42 bits per heavy atom. The van der Waals surface area contributed by atoms with E-state index in [-0.39, 0.29) is 17.6 Å². The molecular weight excluding hydrogens is 466 g/mol. The van der Waals surface area contributed by atoms with Gasteiger partial charge >= 0.3 is 5.97 Å². The molecule has 0 saturated carbocycles. The second-order valence-corrected chi connectivity index (χ2v) is 17.5. The number of esters is 1. The van der Waals surface area contributed by atoms with E-state index in [1.54, 1.807) is 0 Å². The van der Waals surface area contributed by atoms with Gasteiger partial charge in [0.15, 0.2) is 8.32 Å². The molecule has 0 amide bonds. The fourth-order valence-corrected chi connectivity index (χ4v) is 4.83. The Morgan fingerprint density at radius 1 is 0.917 bits per heavy atom. The molecule has 0 aromatic rings. The lowest BCUT2D eigenvalue weighted by Crippen LogP contribution is -2.47. The minimum Gasteiger partial charge on any atom is -0.465 e. The zero-order valence-corrected chi connectivity index (χ0v) is 26.1. The van der Waals surface area contributed by atoms with Crippen LogP contribution in [0.4, 0.5) is 0 Å². The van der Waals surface area contributed by atoms with Crippen LogP contribution in [0.25, 0.3) is 10.4 Å². The smallest absolute Gasteiger partial charge is 0.311 e. The summed E-state index contributed by atoms with van der Waals surface area (Å²) in [6, 6.07) is -0.594. The van der Waals surface area contributed by atoms with Crippen molar-refractivity contribution in [3.63, 3.8) is 0 Å². The summed E-state index contributed by atoms with van der Waals surface area (Å²) in [6.45, 7) is 18.7. The van der Waals surface area contributed by atoms with E-state index < -0.39 is 25.9 Å². The number of allylic oxidation sites excluding steroid dienone is 1. The van der Waals surface area contributed by atoms with Crippen LogP contribution in [-0.4, -0.2) is 33.0 Å². The highest BCUT2D eigenvalue weighted by molar-refractivity contribution is 6.74. The SMILES string of the molecule is CCCCCCCCCCCCC/C=C/C(O[Si](C)(C)C(C)(C)C)C(COC(=O)C(C)(C)C)N=[N+]=[N-]. The number of nitrogens with zero attached hydrogens (tertiary/aromatic N) is 3. The van der Waals surface area contributed by atoms with E-state index in [0.29, 0.717) is 0 Å². The van der Waals surface area contributed by atoms with Gasteiger partial charge in [0.05, 0.1) is 11.5 Å². The number of rotatable bonds is 19. The van der Waals surface area contributed by atoms with Gasteiger partial charge < -0.3 is 9.16 Å². The molecule has 0 aliphatic heterocycles. The number of ether oxygens (including phenoxy) is 1. The normalized spacial score (nSPS) is 14.5. The summed E-state index contributed by atoms with van der Waals surface area (Å²) < 4.78 is 12.2. The number of hydrogen-bond donors (Lipinski definition) is 0. The second kappa shape index (κ2) is 18.0. The highest BCUT2D eigenvalue weighted by Crippen LogP contribution is 2.38. The Kier molecular flexibility index (Phi) is 17.4. The second-order valence-electron chi connectivity index (χ2n) is 12.7. The third kappa shape index (κ3) is 15.7. The average Bonchev–Trinajstić information content (AvgIpc) is 2.77. The van der Waals surface area contributed by atoms with E-state index in [1.165, 1.54) is 64.2 Å². The van der Waals surface area contributed by atoms with Gasteiger partial charge in [-0.3, -0.25) is 4.79 Å². The fourth-order valence-electron chi connectivity index (χ4n) is 3.56. The molecule has 0 aliphatic rings. The van der Waals surface area contributed by atoms with Crippen molar-refractivity contribution in [2.24, 2.45) is 10.5 Å². The van der Waals surface area contributed by atoms with Crippen molar-refractivity contribution in [1.29, 1.82) is 0 Å². The maximum Gasteiger partial charge on any atom is 0.311 e. The molecular formula is C29H57N3O3Si. The van der Waals surface area contributed by atoms with E-state index in [9.17, 15) is 10.3 Å². The first kappa shape index (κ1) is 34.7. The third-order valence-corrected chi connectivity index (χ3v) is 11.6. The average molecular weight is 524 g/mol. The molecule has 0 fully saturated rings. The molecule has 2 unspecified atom stereocenters. The zero-order chi connectivity index (χ0) is 27.7. The van der Waals surface area contributed by atoms with Crippen molar-refractivity contribution < 1.29 is 14.0 Å². The molecule has 0 aliphatic carbocycles. The Labute approximate surface area is 223 Å². The monoisotopic (exact) mass is 523 g/mol. The molecule has 0 aromatic carbocycles. The van der Waals surface area contributed by atoms with Gasteiger partial charge in [-0.2, -0.15) is 0 Å². The summed E-state index contributed by atoms with van der Waals surface area (Å²) in [5.41, 5.74) is 8.59. The van der Waals surface area contributed by atoms with Gasteiger partial charge in [-0.1, -0.05) is 109 Å². The molecule has 6 nitrogen and oxygen atoms in total. The van der Waals surface area contributed by atoms with E-state index >= 15 is 0 Å². The van der Waals surface area contributed by atoms with Gasteiger partial charge in [0.25, 0.3) is 0 Å². The standard InChI is InChI=1S/C29H57N3O3Si/c1-10-11-12-13-14-15-16-17-18-19-20-21-22-23-26(35-36(8,9)29(5,6)7)25(31-32-30)24-34-27(33)28(2,3)4/h22-23,25-26H,10-21,24H2,1-9H3/b23-22+. The molecule has 0 spiro atoms. The van der Waals surface area contributed by atoms with Crippen molar-refractivity contribution in [2.75, 3.05) is 6.61 Å². The molecule has 0 saturated heterocycles. The largest absolute Gasteiger partial charge is 0.465 e. The summed E-state index contributed by atoms with van der Waals surface area (Å²) in [4.78, 5) is 15.4. The number of unbranched alkanes of at least 4 members (excludes halogenated alkanes) is 11. The maximum absolute atomic E-state index is 12.3. The van der Waals surface area contributed by atoms with E-state index in [1.807, 2.05) is 26.8 Å². The number of azide groups is 1. The van der Waals surface area contributed by atoms with Crippen molar-refractivity contribution in [2.45, 2.75) is 156 Å². The molecule has 7 heteroatoms. The minimum absolute atomic E-state index is 0.0120. The fraction of sp³-hybridized carbons (Fsp3) is 0.897. The summed E-state index contributed by atoms with van der Waals surface area (Å²) in [6.07, 6.45) is 19.3. The summed E-state index contributed by atoms with van der Waals surface area (Å²) >= 11 is 0. The Balaban J connectivity index is 4.86. The molecule has 0 N–H and O–H groups in total. The predicted octanol–water partition coefficient (Wildman–Crippen LogP) is 9.90. The lowest BCUT2D eigenvalue weighted by molar-refractivity contribution is -0.153. The van der Waals surface area contributed by atoms with Gasteiger partial charge in [-0.25, -0.2) is 0 Å². The van der Waals surface area contributed by atoms with E-state index in [2.05, 4.69) is 56.9 Å². The molecule has 210 valence electrons. The van der Waals surface area contributed by atoms with E-state index in [0.717, 1.165) is 12.8 Å². The van der Waals surface area contributed by atoms with Crippen molar-refractivity contribution >= 4 is 14.3 Å². The Hall–Kier alpha value is -1.30. The first-order chi connectivity index (χ1) is 16.8. The summed E-state index contributed by atoms with van der Waals surface area (Å²) in [5.74, 6) is -0.309. The number of carbonyl (C=O) groups excluding carboxylic acids is 1. The minimum atomic E-state index is -2.13. The van der Waals surface area contributed by atoms with Crippen molar-refractivity contribution in [3.8, 4) is 0 Å². The Morgan fingerprint density at radius 3 is 1.86 bits per heavy atom. The van der Waals surface area contributed by atoms with Gasteiger partial charge in [0.1, 0.15) is 12.6 Å². The van der Waals surface area contributed by atoms with E-state index in [4.69, 9.17) is 9.16 Å². The topological polar surface area (TPSA) is 84.3 Å². The quantitative estimate of drug-likeness (QED) is 0.0321. The lowest BCUT2D eigenvalue weighted by Gasteiger charge is -2.40. The molecule has 0 aromatic heterocycles. The van der Waals surface area contributed by atoms with Crippen molar-refractivity contribution in [3.05, 3.63) is 22.6 Å².